The Labute approximate surface area is 145 Å². The van der Waals surface area contributed by atoms with Crippen molar-refractivity contribution in [3.63, 3.8) is 0 Å². The minimum Gasteiger partial charge on any atom is -0.416 e. The number of fused-ring (bicyclic) bond motifs is 2. The highest BCUT2D eigenvalue weighted by molar-refractivity contribution is 5.94. The number of nitrogens with zero attached hydrogens (tertiary/aromatic N) is 2. The maximum absolute atomic E-state index is 6.08. The molecule has 0 fully saturated rings. The van der Waals surface area contributed by atoms with Gasteiger partial charge in [-0.15, -0.1) is 10.2 Å². The fourth-order valence-electron chi connectivity index (χ4n) is 3.59. The van der Waals surface area contributed by atoms with Crippen LogP contribution in [0.2, 0.25) is 0 Å². The highest BCUT2D eigenvalue weighted by Gasteiger charge is 2.27. The van der Waals surface area contributed by atoms with E-state index in [1.54, 1.807) is 0 Å². The van der Waals surface area contributed by atoms with E-state index in [0.29, 0.717) is 17.7 Å². The van der Waals surface area contributed by atoms with Gasteiger partial charge < -0.3 is 4.42 Å². The predicted octanol–water partition coefficient (Wildman–Crippen LogP) is 5.20. The van der Waals surface area contributed by atoms with E-state index in [1.807, 2.05) is 24.3 Å². The molecule has 3 heteroatoms. The van der Waals surface area contributed by atoms with Crippen LogP contribution in [0.25, 0.3) is 27.8 Å². The van der Waals surface area contributed by atoms with Gasteiger partial charge in [0.1, 0.15) is 0 Å². The van der Waals surface area contributed by atoms with Gasteiger partial charge in [0.15, 0.2) is 0 Å². The molecular weight excluding hydrogens is 308 g/mol. The molecule has 3 nitrogen and oxygen atoms in total. The van der Waals surface area contributed by atoms with E-state index in [-0.39, 0.29) is 5.92 Å². The van der Waals surface area contributed by atoms with E-state index in [0.717, 1.165) is 16.5 Å². The van der Waals surface area contributed by atoms with Crippen molar-refractivity contribution in [1.29, 1.82) is 0 Å². The van der Waals surface area contributed by atoms with E-state index in [2.05, 4.69) is 70.9 Å². The summed E-state index contributed by atoms with van der Waals surface area (Å²) in [7, 11) is 0. The Bertz CT molecular complexity index is 1060. The van der Waals surface area contributed by atoms with Crippen LogP contribution in [-0.4, -0.2) is 10.2 Å². The molecule has 0 radical (unpaired) electrons. The molecule has 1 heterocycles. The zero-order chi connectivity index (χ0) is 16.6. The van der Waals surface area contributed by atoms with Crippen molar-refractivity contribution in [2.45, 2.75) is 0 Å². The van der Waals surface area contributed by atoms with Crippen LogP contribution in [0, 0.1) is 11.8 Å². The molecule has 2 aliphatic carbocycles. The maximum atomic E-state index is 6.08. The number of hydrogen-bond donors (Lipinski definition) is 0. The smallest absolute Gasteiger partial charge is 0.248 e. The largest absolute Gasteiger partial charge is 0.416 e. The normalized spacial score (nSPS) is 21.4. The van der Waals surface area contributed by atoms with Crippen LogP contribution in [0.3, 0.4) is 0 Å². The Balaban J connectivity index is 1.58. The second-order valence-electron chi connectivity index (χ2n) is 6.32. The van der Waals surface area contributed by atoms with Crippen LogP contribution in [0.5, 0.6) is 0 Å². The van der Waals surface area contributed by atoms with Gasteiger partial charge in [-0.05, 0) is 16.8 Å². The standard InChI is InChI=1S/C22H16N2O/c1-3-11-17-15(7-1)9-5-13-19(17)21-23-24-22(25-21)20-14-6-10-16-8-2-4-12-18(16)20/h1-15,17H. The molecule has 120 valence electrons. The Hall–Kier alpha value is -3.20. The van der Waals surface area contributed by atoms with Gasteiger partial charge in [-0.25, -0.2) is 0 Å². The second-order valence-corrected chi connectivity index (χ2v) is 6.32. The predicted molar refractivity (Wildman–Crippen MR) is 99.6 cm³/mol. The second kappa shape index (κ2) is 5.71. The van der Waals surface area contributed by atoms with Gasteiger partial charge in [0, 0.05) is 23.0 Å². The molecule has 2 aliphatic rings. The number of aromatic nitrogens is 2. The van der Waals surface area contributed by atoms with Crippen molar-refractivity contribution >= 4 is 16.3 Å². The van der Waals surface area contributed by atoms with Crippen LogP contribution in [0.4, 0.5) is 0 Å². The fourth-order valence-corrected chi connectivity index (χ4v) is 3.59. The molecule has 2 atom stereocenters. The zero-order valence-corrected chi connectivity index (χ0v) is 13.5. The van der Waals surface area contributed by atoms with Gasteiger partial charge >= 0.3 is 0 Å². The summed E-state index contributed by atoms with van der Waals surface area (Å²) in [6, 6.07) is 14.4. The molecule has 0 N–H and O–H groups in total. The lowest BCUT2D eigenvalue weighted by atomic mass is 9.79. The molecule has 25 heavy (non-hydrogen) atoms. The van der Waals surface area contributed by atoms with Crippen LogP contribution in [0.15, 0.2) is 89.4 Å². The summed E-state index contributed by atoms with van der Waals surface area (Å²) in [5, 5.41) is 11.0. The SMILES string of the molecule is C1=CC2C=CC=C(c3nnc(-c4cccc5ccccc45)o3)C2C=C1. The number of benzene rings is 2. The lowest BCUT2D eigenvalue weighted by Gasteiger charge is -2.24. The third-order valence-corrected chi connectivity index (χ3v) is 4.84. The van der Waals surface area contributed by atoms with E-state index in [9.17, 15) is 0 Å². The first-order valence-corrected chi connectivity index (χ1v) is 8.45. The molecule has 0 saturated heterocycles. The van der Waals surface area contributed by atoms with Gasteiger partial charge in [0.25, 0.3) is 0 Å². The minimum atomic E-state index is 0.260. The van der Waals surface area contributed by atoms with Crippen LogP contribution in [0.1, 0.15) is 5.89 Å². The summed E-state index contributed by atoms with van der Waals surface area (Å²) < 4.78 is 6.08. The van der Waals surface area contributed by atoms with Gasteiger partial charge in [0.2, 0.25) is 11.8 Å². The molecule has 0 saturated carbocycles. The van der Waals surface area contributed by atoms with Crippen molar-refractivity contribution in [1.82, 2.24) is 10.2 Å². The first-order valence-electron chi connectivity index (χ1n) is 8.45. The fraction of sp³-hybridized carbons (Fsp3) is 0.0909. The van der Waals surface area contributed by atoms with Crippen molar-refractivity contribution in [2.75, 3.05) is 0 Å². The molecule has 0 aliphatic heterocycles. The number of hydrogen-bond acceptors (Lipinski definition) is 3. The third kappa shape index (κ3) is 2.36. The van der Waals surface area contributed by atoms with E-state index in [1.165, 1.54) is 5.39 Å². The Morgan fingerprint density at radius 2 is 1.56 bits per heavy atom. The first-order chi connectivity index (χ1) is 12.4. The van der Waals surface area contributed by atoms with Gasteiger partial charge in [0.05, 0.1) is 0 Å². The first kappa shape index (κ1) is 14.2. The summed E-state index contributed by atoms with van der Waals surface area (Å²) in [6.07, 6.45) is 14.9. The van der Waals surface area contributed by atoms with Gasteiger partial charge in [-0.3, -0.25) is 0 Å². The summed E-state index contributed by atoms with van der Waals surface area (Å²) in [6.45, 7) is 0. The summed E-state index contributed by atoms with van der Waals surface area (Å²) in [4.78, 5) is 0. The lowest BCUT2D eigenvalue weighted by molar-refractivity contribution is 0.536. The molecule has 1 aromatic heterocycles. The van der Waals surface area contributed by atoms with Gasteiger partial charge in [-0.2, -0.15) is 0 Å². The Morgan fingerprint density at radius 1 is 0.760 bits per heavy atom. The van der Waals surface area contributed by atoms with Crippen LogP contribution < -0.4 is 0 Å². The average molecular weight is 324 g/mol. The van der Waals surface area contributed by atoms with Crippen LogP contribution in [-0.2, 0) is 0 Å². The van der Waals surface area contributed by atoms with Crippen molar-refractivity contribution in [2.24, 2.45) is 11.8 Å². The Morgan fingerprint density at radius 3 is 2.56 bits per heavy atom. The number of rotatable bonds is 2. The quantitative estimate of drug-likeness (QED) is 0.650. The van der Waals surface area contributed by atoms with E-state index >= 15 is 0 Å². The maximum Gasteiger partial charge on any atom is 0.248 e. The summed E-state index contributed by atoms with van der Waals surface area (Å²) in [5.41, 5.74) is 2.05. The Kier molecular flexibility index (Phi) is 3.23. The molecule has 0 bridgehead atoms. The lowest BCUT2D eigenvalue weighted by Crippen LogP contribution is -2.15. The van der Waals surface area contributed by atoms with E-state index < -0.39 is 0 Å². The molecule has 5 rings (SSSR count). The monoisotopic (exact) mass is 324 g/mol. The molecular formula is C22H16N2O. The molecule has 2 unspecified atom stereocenters. The van der Waals surface area contributed by atoms with E-state index in [4.69, 9.17) is 4.42 Å². The van der Waals surface area contributed by atoms with Crippen molar-refractivity contribution in [3.8, 4) is 11.5 Å². The topological polar surface area (TPSA) is 38.9 Å². The van der Waals surface area contributed by atoms with Gasteiger partial charge in [-0.1, -0.05) is 78.9 Å². The molecule has 2 aromatic carbocycles. The highest BCUT2D eigenvalue weighted by atomic mass is 16.4. The average Bonchev–Trinajstić information content (AvgIpc) is 3.17. The molecule has 0 amide bonds. The molecule has 3 aromatic rings. The number of allylic oxidation sites excluding steroid dienone is 8. The molecule has 0 spiro atoms. The highest BCUT2D eigenvalue weighted by Crippen LogP contribution is 2.37. The summed E-state index contributed by atoms with van der Waals surface area (Å²) in [5.74, 6) is 1.78. The van der Waals surface area contributed by atoms with Crippen molar-refractivity contribution in [3.05, 3.63) is 90.9 Å². The zero-order valence-electron chi connectivity index (χ0n) is 13.5. The third-order valence-electron chi connectivity index (χ3n) is 4.84. The minimum absolute atomic E-state index is 0.260. The summed E-state index contributed by atoms with van der Waals surface area (Å²) >= 11 is 0. The van der Waals surface area contributed by atoms with Crippen molar-refractivity contribution < 1.29 is 4.42 Å². The van der Waals surface area contributed by atoms with Crippen LogP contribution >= 0.6 is 0 Å².